The first kappa shape index (κ1) is 26.1. The molecule has 2 N–H and O–H groups in total. The van der Waals surface area contributed by atoms with Crippen molar-refractivity contribution in [1.82, 2.24) is 0 Å². The Balaban J connectivity index is 1.55. The van der Waals surface area contributed by atoms with Crippen molar-refractivity contribution in [3.63, 3.8) is 0 Å². The van der Waals surface area contributed by atoms with E-state index in [-0.39, 0.29) is 29.6 Å². The summed E-state index contributed by atoms with van der Waals surface area (Å²) in [5, 5.41) is 0. The molecule has 4 rings (SSSR count). The van der Waals surface area contributed by atoms with Gasteiger partial charge in [0.15, 0.2) is 0 Å². The third kappa shape index (κ3) is 7.52. The van der Waals surface area contributed by atoms with Crippen LogP contribution in [-0.4, -0.2) is 20.4 Å². The Morgan fingerprint density at radius 2 is 1.35 bits per heavy atom. The molecule has 0 fully saturated rings. The van der Waals surface area contributed by atoms with Crippen LogP contribution < -0.4 is 9.92 Å². The van der Waals surface area contributed by atoms with Crippen LogP contribution in [0.1, 0.15) is 29.0 Å². The van der Waals surface area contributed by atoms with Gasteiger partial charge in [0.25, 0.3) is 0 Å². The fourth-order valence-corrected chi connectivity index (χ4v) is 5.02. The molecule has 4 aromatic rings. The molecule has 0 bridgehead atoms. The van der Waals surface area contributed by atoms with Gasteiger partial charge in [-0.25, -0.2) is 0 Å². The van der Waals surface area contributed by atoms with E-state index < -0.39 is 22.1 Å². The van der Waals surface area contributed by atoms with Crippen molar-refractivity contribution >= 4 is 16.1 Å². The average Bonchev–Trinajstić information content (AvgIpc) is 2.92. The molecule has 7 heteroatoms. The summed E-state index contributed by atoms with van der Waals surface area (Å²) < 4.78 is 36.4. The minimum Gasteiger partial charge on any atom is -0.461 e. The van der Waals surface area contributed by atoms with E-state index in [0.717, 1.165) is 11.1 Å². The van der Waals surface area contributed by atoms with Crippen molar-refractivity contribution < 1.29 is 22.1 Å². The first-order valence-electron chi connectivity index (χ1n) is 12.0. The van der Waals surface area contributed by atoms with E-state index >= 15 is 0 Å². The van der Waals surface area contributed by atoms with Gasteiger partial charge in [0.2, 0.25) is 0 Å². The van der Waals surface area contributed by atoms with Crippen LogP contribution in [0.15, 0.2) is 120 Å². The Bertz CT molecular complexity index is 1390. The molecule has 0 aromatic heterocycles. The Morgan fingerprint density at radius 1 is 0.757 bits per heavy atom. The molecule has 0 aliphatic heterocycles. The maximum absolute atomic E-state index is 12.9. The number of rotatable bonds is 11. The second-order valence-electron chi connectivity index (χ2n) is 8.73. The molecule has 0 saturated heterocycles. The number of hydrogen-bond acceptors (Lipinski definition) is 6. The highest BCUT2D eigenvalue weighted by molar-refractivity contribution is 7.87. The summed E-state index contributed by atoms with van der Waals surface area (Å²) in [5.41, 5.74) is 9.26. The molecular formula is C30H29NO5S. The molecule has 2 unspecified atom stereocenters. The number of esters is 1. The van der Waals surface area contributed by atoms with E-state index in [1.165, 1.54) is 12.1 Å². The monoisotopic (exact) mass is 515 g/mol. The van der Waals surface area contributed by atoms with Crippen LogP contribution in [0.25, 0.3) is 0 Å². The zero-order valence-electron chi connectivity index (χ0n) is 20.3. The highest BCUT2D eigenvalue weighted by Crippen LogP contribution is 2.29. The second-order valence-corrected chi connectivity index (χ2v) is 10.3. The van der Waals surface area contributed by atoms with Crippen molar-refractivity contribution in [2.45, 2.75) is 36.3 Å². The standard InChI is InChI=1S/C30H29NO5S/c31-29(19-23-11-4-1-5-12-23)28(21-30(32)35-22-24-13-6-2-7-14-24)25-15-10-16-26(20-25)36-37(33,34)27-17-8-3-9-18-27/h1-18,20,28-29H,19,21-22,31H2. The number of carbonyl (C=O) groups excluding carboxylic acids is 1. The quantitative estimate of drug-likeness (QED) is 0.217. The second kappa shape index (κ2) is 12.3. The average molecular weight is 516 g/mol. The fraction of sp³-hybridized carbons (Fsp3) is 0.167. The summed E-state index contributed by atoms with van der Waals surface area (Å²) in [7, 11) is -4.01. The van der Waals surface area contributed by atoms with Gasteiger partial charge in [0, 0.05) is 12.0 Å². The van der Waals surface area contributed by atoms with Gasteiger partial charge in [-0.15, -0.1) is 0 Å². The molecule has 0 heterocycles. The van der Waals surface area contributed by atoms with Crippen molar-refractivity contribution in [3.8, 4) is 5.75 Å². The molecule has 190 valence electrons. The topological polar surface area (TPSA) is 95.7 Å². The maximum atomic E-state index is 12.9. The number of carbonyl (C=O) groups is 1. The highest BCUT2D eigenvalue weighted by Gasteiger charge is 2.25. The predicted molar refractivity (Wildman–Crippen MR) is 142 cm³/mol. The lowest BCUT2D eigenvalue weighted by molar-refractivity contribution is -0.145. The fourth-order valence-electron chi connectivity index (χ4n) is 4.08. The van der Waals surface area contributed by atoms with Crippen LogP contribution in [0.2, 0.25) is 0 Å². The van der Waals surface area contributed by atoms with Gasteiger partial charge in [0.05, 0.1) is 6.42 Å². The molecule has 6 nitrogen and oxygen atoms in total. The summed E-state index contributed by atoms with van der Waals surface area (Å²) in [6.45, 7) is 0.165. The Labute approximate surface area is 217 Å². The number of benzene rings is 4. The Morgan fingerprint density at radius 3 is 2.00 bits per heavy atom. The lowest BCUT2D eigenvalue weighted by Crippen LogP contribution is -2.32. The van der Waals surface area contributed by atoms with E-state index in [0.29, 0.717) is 12.0 Å². The predicted octanol–water partition coefficient (Wildman–Crippen LogP) is 5.24. The van der Waals surface area contributed by atoms with Gasteiger partial charge in [-0.2, -0.15) is 8.42 Å². The lowest BCUT2D eigenvalue weighted by atomic mass is 9.85. The molecule has 0 aliphatic carbocycles. The van der Waals surface area contributed by atoms with Crippen molar-refractivity contribution in [2.24, 2.45) is 5.73 Å². The van der Waals surface area contributed by atoms with Gasteiger partial charge >= 0.3 is 16.1 Å². The molecule has 0 aliphatic rings. The van der Waals surface area contributed by atoms with E-state index in [4.69, 9.17) is 14.7 Å². The molecule has 0 saturated carbocycles. The van der Waals surface area contributed by atoms with E-state index in [1.807, 2.05) is 66.7 Å². The first-order valence-corrected chi connectivity index (χ1v) is 13.4. The Kier molecular flexibility index (Phi) is 8.72. The zero-order chi connectivity index (χ0) is 26.1. The van der Waals surface area contributed by atoms with Gasteiger partial charge in [-0.1, -0.05) is 91.0 Å². The highest BCUT2D eigenvalue weighted by atomic mass is 32.2. The maximum Gasteiger partial charge on any atom is 0.339 e. The molecule has 0 spiro atoms. The summed E-state index contributed by atoms with van der Waals surface area (Å²) in [6, 6.07) is 33.5. The number of nitrogens with two attached hydrogens (primary N) is 1. The van der Waals surface area contributed by atoms with Crippen molar-refractivity contribution in [3.05, 3.63) is 132 Å². The van der Waals surface area contributed by atoms with Crippen molar-refractivity contribution in [1.29, 1.82) is 0 Å². The normalized spacial score (nSPS) is 12.9. The SMILES string of the molecule is NC(Cc1ccccc1)C(CC(=O)OCc1ccccc1)c1cccc(OS(=O)(=O)c2ccccc2)c1. The van der Waals surface area contributed by atoms with Crippen LogP contribution in [0.3, 0.4) is 0 Å². The Hall–Kier alpha value is -3.94. The summed E-state index contributed by atoms with van der Waals surface area (Å²) in [4.78, 5) is 12.9. The largest absolute Gasteiger partial charge is 0.461 e. The number of hydrogen-bond donors (Lipinski definition) is 1. The van der Waals surface area contributed by atoms with Gasteiger partial charge in [-0.3, -0.25) is 4.79 Å². The summed E-state index contributed by atoms with van der Waals surface area (Å²) >= 11 is 0. The van der Waals surface area contributed by atoms with Crippen LogP contribution in [0.4, 0.5) is 0 Å². The third-order valence-corrected chi connectivity index (χ3v) is 7.25. The third-order valence-electron chi connectivity index (χ3n) is 5.98. The number of ether oxygens (including phenoxy) is 1. The van der Waals surface area contributed by atoms with E-state index in [2.05, 4.69) is 0 Å². The summed E-state index contributed by atoms with van der Waals surface area (Å²) in [5.74, 6) is -0.664. The first-order chi connectivity index (χ1) is 17.9. The summed E-state index contributed by atoms with van der Waals surface area (Å²) in [6.07, 6.45) is 0.570. The van der Waals surface area contributed by atoms with Gasteiger partial charge in [-0.05, 0) is 47.4 Å². The molecule has 0 amide bonds. The van der Waals surface area contributed by atoms with E-state index in [9.17, 15) is 13.2 Å². The molecule has 37 heavy (non-hydrogen) atoms. The zero-order valence-corrected chi connectivity index (χ0v) is 21.1. The minimum atomic E-state index is -4.01. The van der Waals surface area contributed by atoms with Crippen LogP contribution in [0, 0.1) is 0 Å². The molecule has 4 aromatic carbocycles. The van der Waals surface area contributed by atoms with Crippen LogP contribution in [0.5, 0.6) is 5.75 Å². The minimum absolute atomic E-state index is 0.0374. The van der Waals surface area contributed by atoms with Gasteiger partial charge < -0.3 is 14.7 Å². The lowest BCUT2D eigenvalue weighted by Gasteiger charge is -2.24. The molecule has 0 radical (unpaired) electrons. The van der Waals surface area contributed by atoms with Crippen molar-refractivity contribution in [2.75, 3.05) is 0 Å². The van der Waals surface area contributed by atoms with E-state index in [1.54, 1.807) is 36.4 Å². The van der Waals surface area contributed by atoms with Crippen LogP contribution >= 0.6 is 0 Å². The molecule has 2 atom stereocenters. The van der Waals surface area contributed by atoms with Crippen LogP contribution in [-0.2, 0) is 32.7 Å². The van der Waals surface area contributed by atoms with Gasteiger partial charge in [0.1, 0.15) is 17.3 Å². The smallest absolute Gasteiger partial charge is 0.339 e. The molecular weight excluding hydrogens is 486 g/mol.